The van der Waals surface area contributed by atoms with Gasteiger partial charge in [0.2, 0.25) is 5.90 Å². The number of ether oxygens (including phenoxy) is 1. The molecule has 0 saturated carbocycles. The lowest BCUT2D eigenvalue weighted by Gasteiger charge is -2.13. The highest BCUT2D eigenvalue weighted by Crippen LogP contribution is 2.24. The minimum Gasteiger partial charge on any atom is -0.506 e. The van der Waals surface area contributed by atoms with Crippen molar-refractivity contribution in [1.82, 2.24) is 4.98 Å². The predicted octanol–water partition coefficient (Wildman–Crippen LogP) is 2.56. The van der Waals surface area contributed by atoms with Gasteiger partial charge in [0.25, 0.3) is 0 Å². The maximum absolute atomic E-state index is 9.94. The van der Waals surface area contributed by atoms with Crippen LogP contribution < -0.4 is 5.32 Å². The SMILES string of the molecule is CCOC(=N)c1ccc(NCc2cnc(C)c(O)c2CO)cc1. The molecule has 122 valence electrons. The summed E-state index contributed by atoms with van der Waals surface area (Å²) in [7, 11) is 0. The van der Waals surface area contributed by atoms with Crippen molar-refractivity contribution in [3.8, 4) is 5.75 Å². The van der Waals surface area contributed by atoms with Gasteiger partial charge in [0.05, 0.1) is 18.9 Å². The van der Waals surface area contributed by atoms with Crippen LogP contribution in [0.1, 0.15) is 29.3 Å². The van der Waals surface area contributed by atoms with Gasteiger partial charge in [0.15, 0.2) is 0 Å². The number of anilines is 1. The molecular formula is C17H21N3O3. The van der Waals surface area contributed by atoms with E-state index in [1.54, 1.807) is 25.3 Å². The largest absolute Gasteiger partial charge is 0.506 e. The van der Waals surface area contributed by atoms with Gasteiger partial charge >= 0.3 is 0 Å². The van der Waals surface area contributed by atoms with Crippen molar-refractivity contribution in [3.05, 3.63) is 52.8 Å². The standard InChI is InChI=1S/C17H21N3O3/c1-3-23-17(18)12-4-6-14(7-5-12)20-9-13-8-19-11(2)16(22)15(13)10-21/h4-8,18,20-22H,3,9-10H2,1-2H3. The molecule has 0 aliphatic heterocycles. The smallest absolute Gasteiger partial charge is 0.213 e. The first-order valence-electron chi connectivity index (χ1n) is 7.39. The molecule has 23 heavy (non-hydrogen) atoms. The molecule has 2 rings (SSSR count). The molecule has 6 nitrogen and oxygen atoms in total. The number of pyridine rings is 1. The van der Waals surface area contributed by atoms with E-state index in [0.717, 1.165) is 11.3 Å². The second kappa shape index (κ2) is 7.60. The van der Waals surface area contributed by atoms with E-state index in [-0.39, 0.29) is 18.3 Å². The monoisotopic (exact) mass is 315 g/mol. The van der Waals surface area contributed by atoms with Gasteiger partial charge in [-0.3, -0.25) is 10.4 Å². The van der Waals surface area contributed by atoms with Crippen LogP contribution in [0, 0.1) is 12.3 Å². The van der Waals surface area contributed by atoms with Crippen molar-refractivity contribution >= 4 is 11.6 Å². The summed E-state index contributed by atoms with van der Waals surface area (Å²) in [5.74, 6) is 0.182. The summed E-state index contributed by atoms with van der Waals surface area (Å²) < 4.78 is 5.15. The Bertz CT molecular complexity index is 684. The number of benzene rings is 1. The van der Waals surface area contributed by atoms with Gasteiger partial charge in [-0.15, -0.1) is 0 Å². The summed E-state index contributed by atoms with van der Waals surface area (Å²) in [5.41, 5.74) is 3.29. The third-order valence-electron chi connectivity index (χ3n) is 3.51. The number of aromatic nitrogens is 1. The van der Waals surface area contributed by atoms with Crippen LogP contribution in [0.15, 0.2) is 30.5 Å². The van der Waals surface area contributed by atoms with E-state index in [2.05, 4.69) is 10.3 Å². The van der Waals surface area contributed by atoms with Crippen LogP contribution in [0.2, 0.25) is 0 Å². The van der Waals surface area contributed by atoms with Gasteiger partial charge in [-0.2, -0.15) is 0 Å². The van der Waals surface area contributed by atoms with Crippen LogP contribution in [0.25, 0.3) is 0 Å². The highest BCUT2D eigenvalue weighted by Gasteiger charge is 2.10. The number of rotatable bonds is 6. The van der Waals surface area contributed by atoms with Crippen LogP contribution in [-0.2, 0) is 17.9 Å². The summed E-state index contributed by atoms with van der Waals surface area (Å²) in [5, 5.41) is 30.3. The third kappa shape index (κ3) is 3.98. The van der Waals surface area contributed by atoms with E-state index in [4.69, 9.17) is 10.1 Å². The van der Waals surface area contributed by atoms with Crippen LogP contribution in [-0.4, -0.2) is 27.7 Å². The van der Waals surface area contributed by atoms with Crippen molar-refractivity contribution in [3.63, 3.8) is 0 Å². The minimum absolute atomic E-state index is 0.0345. The zero-order valence-corrected chi connectivity index (χ0v) is 13.3. The van der Waals surface area contributed by atoms with Crippen LogP contribution in [0.5, 0.6) is 5.75 Å². The zero-order valence-electron chi connectivity index (χ0n) is 13.3. The number of nitrogens with one attached hydrogen (secondary N) is 2. The number of aryl methyl sites for hydroxylation is 1. The van der Waals surface area contributed by atoms with Crippen molar-refractivity contribution in [2.24, 2.45) is 0 Å². The molecule has 0 amide bonds. The van der Waals surface area contributed by atoms with Crippen molar-refractivity contribution < 1.29 is 14.9 Å². The van der Waals surface area contributed by atoms with Gasteiger partial charge in [0.1, 0.15) is 5.75 Å². The Morgan fingerprint density at radius 3 is 2.61 bits per heavy atom. The van der Waals surface area contributed by atoms with Gasteiger partial charge in [-0.05, 0) is 43.7 Å². The molecule has 4 N–H and O–H groups in total. The highest BCUT2D eigenvalue weighted by molar-refractivity contribution is 5.91. The van der Waals surface area contributed by atoms with Gasteiger partial charge in [-0.25, -0.2) is 0 Å². The fraction of sp³-hybridized carbons (Fsp3) is 0.294. The molecule has 0 bridgehead atoms. The number of hydrogen-bond donors (Lipinski definition) is 4. The number of hydrogen-bond acceptors (Lipinski definition) is 6. The van der Waals surface area contributed by atoms with E-state index in [1.807, 2.05) is 19.1 Å². The van der Waals surface area contributed by atoms with E-state index in [9.17, 15) is 10.2 Å². The maximum atomic E-state index is 9.94. The summed E-state index contributed by atoms with van der Waals surface area (Å²) in [6.45, 7) is 4.19. The minimum atomic E-state index is -0.239. The Morgan fingerprint density at radius 1 is 1.30 bits per heavy atom. The molecule has 6 heteroatoms. The van der Waals surface area contributed by atoms with Crippen LogP contribution in [0.4, 0.5) is 5.69 Å². The number of aliphatic hydroxyl groups is 1. The zero-order chi connectivity index (χ0) is 16.8. The second-order valence-corrected chi connectivity index (χ2v) is 5.05. The molecule has 0 unspecified atom stereocenters. The first kappa shape index (κ1) is 16.8. The number of aliphatic hydroxyl groups excluding tert-OH is 1. The Hall–Kier alpha value is -2.60. The first-order chi connectivity index (χ1) is 11.1. The molecule has 0 radical (unpaired) electrons. The molecule has 0 aliphatic carbocycles. The Balaban J connectivity index is 2.07. The highest BCUT2D eigenvalue weighted by atomic mass is 16.5. The maximum Gasteiger partial charge on any atom is 0.213 e. The molecule has 1 aromatic heterocycles. The lowest BCUT2D eigenvalue weighted by Crippen LogP contribution is -2.07. The normalized spacial score (nSPS) is 10.4. The summed E-state index contributed by atoms with van der Waals surface area (Å²) in [6, 6.07) is 7.31. The predicted molar refractivity (Wildman–Crippen MR) is 88.8 cm³/mol. The second-order valence-electron chi connectivity index (χ2n) is 5.05. The lowest BCUT2D eigenvalue weighted by molar-refractivity contribution is 0.273. The van der Waals surface area contributed by atoms with Crippen molar-refractivity contribution in [2.75, 3.05) is 11.9 Å². The molecular weight excluding hydrogens is 294 g/mol. The van der Waals surface area contributed by atoms with E-state index in [1.165, 1.54) is 0 Å². The van der Waals surface area contributed by atoms with E-state index >= 15 is 0 Å². The summed E-state index contributed by atoms with van der Waals surface area (Å²) in [4.78, 5) is 4.11. The fourth-order valence-electron chi connectivity index (χ4n) is 2.18. The van der Waals surface area contributed by atoms with Gasteiger partial charge < -0.3 is 20.3 Å². The Kier molecular flexibility index (Phi) is 5.54. The Labute approximate surface area is 135 Å². The number of aromatic hydroxyl groups is 1. The topological polar surface area (TPSA) is 98.5 Å². The Morgan fingerprint density at radius 2 is 2.00 bits per heavy atom. The molecule has 0 saturated heterocycles. The number of nitrogens with zero attached hydrogens (tertiary/aromatic N) is 1. The quantitative estimate of drug-likeness (QED) is 0.485. The van der Waals surface area contributed by atoms with Crippen molar-refractivity contribution in [1.29, 1.82) is 5.41 Å². The van der Waals surface area contributed by atoms with Gasteiger partial charge in [-0.1, -0.05) is 0 Å². The average molecular weight is 315 g/mol. The molecule has 0 fully saturated rings. The third-order valence-corrected chi connectivity index (χ3v) is 3.51. The summed E-state index contributed by atoms with van der Waals surface area (Å²) in [6.07, 6.45) is 1.65. The molecule has 1 heterocycles. The fourth-order valence-corrected chi connectivity index (χ4v) is 2.18. The van der Waals surface area contributed by atoms with Crippen LogP contribution >= 0.6 is 0 Å². The lowest BCUT2D eigenvalue weighted by atomic mass is 10.1. The van der Waals surface area contributed by atoms with Crippen molar-refractivity contribution in [2.45, 2.75) is 27.0 Å². The van der Waals surface area contributed by atoms with Gasteiger partial charge in [0, 0.05) is 29.6 Å². The molecule has 1 aromatic carbocycles. The van der Waals surface area contributed by atoms with Crippen LogP contribution in [0.3, 0.4) is 0 Å². The van der Waals surface area contributed by atoms with E-state index in [0.29, 0.717) is 30.0 Å². The average Bonchev–Trinajstić information content (AvgIpc) is 2.56. The van der Waals surface area contributed by atoms with E-state index < -0.39 is 0 Å². The molecule has 0 aliphatic rings. The first-order valence-corrected chi connectivity index (χ1v) is 7.39. The molecule has 2 aromatic rings. The molecule has 0 atom stereocenters. The summed E-state index contributed by atoms with van der Waals surface area (Å²) >= 11 is 0. The molecule has 0 spiro atoms.